The molecule has 26 heavy (non-hydrogen) atoms. The van der Waals surface area contributed by atoms with Gasteiger partial charge in [0.2, 0.25) is 11.7 Å². The molecule has 0 bridgehead atoms. The largest absolute Gasteiger partial charge is 0.463 e. The van der Waals surface area contributed by atoms with Crippen molar-refractivity contribution >= 4 is 11.9 Å². The summed E-state index contributed by atoms with van der Waals surface area (Å²) in [6.45, 7) is 6.57. The Balaban J connectivity index is 1.41. The Morgan fingerprint density at radius 3 is 2.27 bits per heavy atom. The Morgan fingerprint density at radius 2 is 1.62 bits per heavy atom. The zero-order valence-electron chi connectivity index (χ0n) is 15.6. The second-order valence-electron chi connectivity index (χ2n) is 7.10. The lowest BCUT2D eigenvalue weighted by atomic mass is 10.2. The molecule has 3 rings (SSSR count). The van der Waals surface area contributed by atoms with E-state index in [-0.39, 0.29) is 11.7 Å². The molecule has 0 radical (unpaired) electrons. The molecule has 0 spiro atoms. The van der Waals surface area contributed by atoms with Crippen LogP contribution >= 0.6 is 0 Å². The van der Waals surface area contributed by atoms with Crippen molar-refractivity contribution in [3.63, 3.8) is 0 Å². The average molecular weight is 363 g/mol. The smallest absolute Gasteiger partial charge is 0.373 e. The van der Waals surface area contributed by atoms with Crippen molar-refractivity contribution in [2.24, 2.45) is 0 Å². The lowest BCUT2D eigenvalue weighted by molar-refractivity contribution is -0.132. The van der Waals surface area contributed by atoms with Crippen LogP contribution in [0.4, 0.5) is 0 Å². The molecule has 144 valence electrons. The predicted molar refractivity (Wildman–Crippen MR) is 96.8 cm³/mol. The van der Waals surface area contributed by atoms with Crippen molar-refractivity contribution in [1.29, 1.82) is 0 Å². The number of ether oxygens (including phenoxy) is 1. The Labute approximate surface area is 154 Å². The highest BCUT2D eigenvalue weighted by atomic mass is 16.5. The van der Waals surface area contributed by atoms with Gasteiger partial charge in [-0.15, -0.1) is 0 Å². The molecular formula is C19H29N3O4. The zero-order chi connectivity index (χ0) is 18.4. The first-order valence-corrected chi connectivity index (χ1v) is 9.55. The van der Waals surface area contributed by atoms with Gasteiger partial charge < -0.3 is 14.1 Å². The fourth-order valence-electron chi connectivity index (χ4n) is 3.61. The van der Waals surface area contributed by atoms with E-state index in [1.807, 2.05) is 11.0 Å². The number of hydrogen-bond donors (Lipinski definition) is 0. The van der Waals surface area contributed by atoms with E-state index in [2.05, 4.69) is 14.5 Å². The second-order valence-corrected chi connectivity index (χ2v) is 7.10. The summed E-state index contributed by atoms with van der Waals surface area (Å²) in [5, 5.41) is 0. The topological polar surface area (TPSA) is 66.2 Å². The SMILES string of the molecule is COC(=O)c1ccc(CN2CCN(CC(=O)N3CCCCCC3)CC2)o1. The van der Waals surface area contributed by atoms with E-state index in [9.17, 15) is 9.59 Å². The number of carbonyl (C=O) groups excluding carboxylic acids is 2. The van der Waals surface area contributed by atoms with Crippen LogP contribution in [0, 0.1) is 0 Å². The molecule has 2 saturated heterocycles. The summed E-state index contributed by atoms with van der Waals surface area (Å²) < 4.78 is 10.2. The van der Waals surface area contributed by atoms with Gasteiger partial charge in [-0.25, -0.2) is 4.79 Å². The lowest BCUT2D eigenvalue weighted by Crippen LogP contribution is -2.49. The van der Waals surface area contributed by atoms with Gasteiger partial charge in [0.05, 0.1) is 20.2 Å². The van der Waals surface area contributed by atoms with E-state index in [0.29, 0.717) is 13.1 Å². The van der Waals surface area contributed by atoms with Crippen LogP contribution in [-0.2, 0) is 16.1 Å². The predicted octanol–water partition coefficient (Wildman–Crippen LogP) is 1.59. The summed E-state index contributed by atoms with van der Waals surface area (Å²) in [5.41, 5.74) is 0. The summed E-state index contributed by atoms with van der Waals surface area (Å²) in [6, 6.07) is 3.47. The van der Waals surface area contributed by atoms with Gasteiger partial charge in [-0.1, -0.05) is 12.8 Å². The minimum atomic E-state index is -0.451. The molecule has 2 aliphatic heterocycles. The number of rotatable bonds is 5. The number of carbonyl (C=O) groups is 2. The van der Waals surface area contributed by atoms with Crippen LogP contribution < -0.4 is 0 Å². The van der Waals surface area contributed by atoms with Crippen LogP contribution in [-0.4, -0.2) is 79.5 Å². The summed E-state index contributed by atoms with van der Waals surface area (Å²) in [5.74, 6) is 0.825. The molecule has 1 amide bonds. The van der Waals surface area contributed by atoms with Crippen LogP contribution in [0.5, 0.6) is 0 Å². The molecule has 0 saturated carbocycles. The molecule has 0 aromatic carbocycles. The molecule has 0 N–H and O–H groups in total. The van der Waals surface area contributed by atoms with Gasteiger partial charge in [0, 0.05) is 39.3 Å². The maximum absolute atomic E-state index is 12.5. The summed E-state index contributed by atoms with van der Waals surface area (Å²) in [7, 11) is 1.34. The van der Waals surface area contributed by atoms with Crippen molar-refractivity contribution in [2.45, 2.75) is 32.2 Å². The zero-order valence-corrected chi connectivity index (χ0v) is 15.6. The molecule has 7 nitrogen and oxygen atoms in total. The summed E-state index contributed by atoms with van der Waals surface area (Å²) >= 11 is 0. The van der Waals surface area contributed by atoms with Gasteiger partial charge >= 0.3 is 5.97 Å². The maximum atomic E-state index is 12.5. The van der Waals surface area contributed by atoms with Gasteiger partial charge in [-0.05, 0) is 25.0 Å². The molecule has 2 fully saturated rings. The molecule has 2 aliphatic rings. The molecule has 0 atom stereocenters. The van der Waals surface area contributed by atoms with Crippen molar-refractivity contribution in [2.75, 3.05) is 52.9 Å². The highest BCUT2D eigenvalue weighted by Crippen LogP contribution is 2.14. The fraction of sp³-hybridized carbons (Fsp3) is 0.684. The molecule has 7 heteroatoms. The molecule has 3 heterocycles. The normalized spacial score (nSPS) is 20.0. The van der Waals surface area contributed by atoms with Crippen molar-refractivity contribution in [1.82, 2.24) is 14.7 Å². The number of methoxy groups -OCH3 is 1. The minimum Gasteiger partial charge on any atom is -0.463 e. The first kappa shape index (κ1) is 18.9. The van der Waals surface area contributed by atoms with Crippen molar-refractivity contribution < 1.29 is 18.7 Å². The highest BCUT2D eigenvalue weighted by molar-refractivity contribution is 5.86. The van der Waals surface area contributed by atoms with Crippen LogP contribution in [0.15, 0.2) is 16.5 Å². The Bertz CT molecular complexity index is 600. The standard InChI is InChI=1S/C19H29N3O4/c1-25-19(24)17-7-6-16(26-17)14-20-10-12-21(13-11-20)15-18(23)22-8-4-2-3-5-9-22/h6-7H,2-5,8-15H2,1H3. The van der Waals surface area contributed by atoms with E-state index < -0.39 is 5.97 Å². The van der Waals surface area contributed by atoms with Gasteiger partial charge in [-0.2, -0.15) is 0 Å². The third kappa shape index (κ3) is 5.08. The monoisotopic (exact) mass is 363 g/mol. The number of furan rings is 1. The summed E-state index contributed by atoms with van der Waals surface area (Å²) in [4.78, 5) is 30.5. The van der Waals surface area contributed by atoms with Crippen molar-refractivity contribution in [3.8, 4) is 0 Å². The van der Waals surface area contributed by atoms with Gasteiger partial charge in [0.1, 0.15) is 5.76 Å². The molecule has 1 aromatic heterocycles. The number of amides is 1. The number of likely N-dealkylation sites (tertiary alicyclic amines) is 1. The summed E-state index contributed by atoms with van der Waals surface area (Å²) in [6.07, 6.45) is 4.76. The number of hydrogen-bond acceptors (Lipinski definition) is 6. The molecule has 0 aliphatic carbocycles. The lowest BCUT2D eigenvalue weighted by Gasteiger charge is -2.34. The Morgan fingerprint density at radius 1 is 0.962 bits per heavy atom. The van der Waals surface area contributed by atoms with E-state index in [0.717, 1.165) is 57.9 Å². The minimum absolute atomic E-state index is 0.240. The fourth-order valence-corrected chi connectivity index (χ4v) is 3.61. The van der Waals surface area contributed by atoms with E-state index in [1.165, 1.54) is 20.0 Å². The van der Waals surface area contributed by atoms with E-state index in [1.54, 1.807) is 6.07 Å². The van der Waals surface area contributed by atoms with Gasteiger partial charge in [-0.3, -0.25) is 14.6 Å². The first-order chi connectivity index (χ1) is 12.7. The third-order valence-corrected chi connectivity index (χ3v) is 5.21. The van der Waals surface area contributed by atoms with Crippen LogP contribution in [0.3, 0.4) is 0 Å². The average Bonchev–Trinajstić information content (AvgIpc) is 2.94. The number of esters is 1. The van der Waals surface area contributed by atoms with Crippen LogP contribution in [0.1, 0.15) is 42.0 Å². The number of piperazine rings is 1. The van der Waals surface area contributed by atoms with E-state index in [4.69, 9.17) is 4.42 Å². The van der Waals surface area contributed by atoms with Crippen molar-refractivity contribution in [3.05, 3.63) is 23.7 Å². The third-order valence-electron chi connectivity index (χ3n) is 5.21. The Hall–Kier alpha value is -1.86. The van der Waals surface area contributed by atoms with Crippen LogP contribution in [0.2, 0.25) is 0 Å². The number of nitrogens with zero attached hydrogens (tertiary/aromatic N) is 3. The molecule has 0 unspecified atom stereocenters. The van der Waals surface area contributed by atoms with E-state index >= 15 is 0 Å². The Kier molecular flexibility index (Phi) is 6.68. The second kappa shape index (κ2) is 9.19. The van der Waals surface area contributed by atoms with Gasteiger partial charge in [0.25, 0.3) is 0 Å². The van der Waals surface area contributed by atoms with Gasteiger partial charge in [0.15, 0.2) is 0 Å². The maximum Gasteiger partial charge on any atom is 0.373 e. The van der Waals surface area contributed by atoms with Crippen LogP contribution in [0.25, 0.3) is 0 Å². The highest BCUT2D eigenvalue weighted by Gasteiger charge is 2.23. The molecule has 1 aromatic rings. The quantitative estimate of drug-likeness (QED) is 0.740. The first-order valence-electron chi connectivity index (χ1n) is 9.55. The molecular weight excluding hydrogens is 334 g/mol.